The first-order valence-electron chi connectivity index (χ1n) is 8.41. The van der Waals surface area contributed by atoms with Gasteiger partial charge in [-0.25, -0.2) is 0 Å². The van der Waals surface area contributed by atoms with Crippen molar-refractivity contribution in [3.63, 3.8) is 0 Å². The van der Waals surface area contributed by atoms with Crippen LogP contribution >= 0.6 is 0 Å². The lowest BCUT2D eigenvalue weighted by atomic mass is 9.73. The van der Waals surface area contributed by atoms with E-state index in [0.717, 1.165) is 32.1 Å². The molecule has 23 heavy (non-hydrogen) atoms. The van der Waals surface area contributed by atoms with Gasteiger partial charge in [-0.1, -0.05) is 19.8 Å². The van der Waals surface area contributed by atoms with Crippen LogP contribution in [0.15, 0.2) is 0 Å². The number of cyclic esters (lactones) is 2. The highest BCUT2D eigenvalue weighted by Crippen LogP contribution is 2.46. The zero-order chi connectivity index (χ0) is 17.0. The predicted molar refractivity (Wildman–Crippen MR) is 85.5 cm³/mol. The van der Waals surface area contributed by atoms with Crippen LogP contribution in [0.4, 0.5) is 0 Å². The Hall–Kier alpha value is -0.763. The minimum Gasteiger partial charge on any atom is -0.393 e. The quantitative estimate of drug-likeness (QED) is 0.401. The molecule has 7 heteroatoms. The summed E-state index contributed by atoms with van der Waals surface area (Å²) < 4.78 is 21.8. The van der Waals surface area contributed by atoms with Crippen molar-refractivity contribution >= 4 is 20.7 Å². The summed E-state index contributed by atoms with van der Waals surface area (Å²) in [4.78, 5) is 23.3. The van der Waals surface area contributed by atoms with Gasteiger partial charge in [0.25, 0.3) is 0 Å². The van der Waals surface area contributed by atoms with E-state index >= 15 is 0 Å². The number of carbonyl (C=O) groups excluding carboxylic acids is 2. The van der Waals surface area contributed by atoms with E-state index in [1.807, 2.05) is 0 Å². The zero-order valence-corrected chi connectivity index (χ0v) is 15.5. The second-order valence-electron chi connectivity index (χ2n) is 6.52. The average molecular weight is 344 g/mol. The van der Waals surface area contributed by atoms with Gasteiger partial charge < -0.3 is 18.0 Å². The molecule has 4 atom stereocenters. The van der Waals surface area contributed by atoms with Gasteiger partial charge in [-0.05, 0) is 31.1 Å². The van der Waals surface area contributed by atoms with E-state index in [4.69, 9.17) is 18.0 Å². The van der Waals surface area contributed by atoms with Crippen molar-refractivity contribution in [2.45, 2.75) is 51.0 Å². The minimum absolute atomic E-state index is 0.207. The molecule has 0 aromatic carbocycles. The van der Waals surface area contributed by atoms with Crippen LogP contribution in [-0.4, -0.2) is 42.1 Å². The Morgan fingerprint density at radius 3 is 2.30 bits per heavy atom. The van der Waals surface area contributed by atoms with Crippen LogP contribution < -0.4 is 0 Å². The topological polar surface area (TPSA) is 71.1 Å². The summed E-state index contributed by atoms with van der Waals surface area (Å²) in [6, 6.07) is 0. The van der Waals surface area contributed by atoms with Crippen molar-refractivity contribution in [3.8, 4) is 0 Å². The largest absolute Gasteiger partial charge is 0.503 e. The maximum atomic E-state index is 11.9. The Balaban J connectivity index is 2.12. The van der Waals surface area contributed by atoms with Gasteiger partial charge in [0.05, 0.1) is 12.3 Å². The van der Waals surface area contributed by atoms with Gasteiger partial charge in [-0.2, -0.15) is 0 Å². The van der Waals surface area contributed by atoms with Crippen molar-refractivity contribution < 1.29 is 27.6 Å². The van der Waals surface area contributed by atoms with Crippen molar-refractivity contribution in [2.24, 2.45) is 17.8 Å². The van der Waals surface area contributed by atoms with E-state index in [1.54, 1.807) is 21.3 Å². The fourth-order valence-corrected chi connectivity index (χ4v) is 7.21. The lowest BCUT2D eigenvalue weighted by Gasteiger charge is -2.41. The molecule has 1 saturated heterocycles. The van der Waals surface area contributed by atoms with Crippen LogP contribution in [0, 0.1) is 17.8 Å². The molecule has 0 spiro atoms. The Bertz CT molecular complexity index is 428. The minimum atomic E-state index is -2.72. The molecular formula is C16H28O6Si. The highest BCUT2D eigenvalue weighted by atomic mass is 28.4. The number of rotatable bonds is 7. The van der Waals surface area contributed by atoms with Crippen molar-refractivity contribution in [2.75, 3.05) is 21.3 Å². The number of esters is 2. The highest BCUT2D eigenvalue weighted by molar-refractivity contribution is 6.62. The second kappa shape index (κ2) is 7.87. The van der Waals surface area contributed by atoms with Gasteiger partial charge >= 0.3 is 20.7 Å². The van der Waals surface area contributed by atoms with Gasteiger partial charge in [-0.15, -0.1) is 0 Å². The van der Waals surface area contributed by atoms with Crippen LogP contribution in [0.3, 0.4) is 0 Å². The molecule has 0 bridgehead atoms. The van der Waals surface area contributed by atoms with E-state index in [9.17, 15) is 9.59 Å². The molecule has 0 aromatic heterocycles. The molecule has 0 amide bonds. The number of ether oxygens (including phenoxy) is 1. The Morgan fingerprint density at radius 1 is 1.17 bits per heavy atom. The molecule has 0 aromatic rings. The Kier molecular flexibility index (Phi) is 6.36. The Labute approximate surface area is 139 Å². The molecular weight excluding hydrogens is 316 g/mol. The third-order valence-corrected chi connectivity index (χ3v) is 9.04. The van der Waals surface area contributed by atoms with Crippen molar-refractivity contribution in [3.05, 3.63) is 0 Å². The molecule has 1 saturated carbocycles. The first-order valence-corrected chi connectivity index (χ1v) is 10.2. The second-order valence-corrected chi connectivity index (χ2v) is 9.69. The average Bonchev–Trinajstić information content (AvgIpc) is 2.91. The van der Waals surface area contributed by atoms with E-state index in [0.29, 0.717) is 5.92 Å². The van der Waals surface area contributed by atoms with Crippen LogP contribution in [0.25, 0.3) is 0 Å². The lowest BCUT2D eigenvalue weighted by molar-refractivity contribution is -0.153. The molecule has 2 rings (SSSR count). The molecule has 4 unspecified atom stereocenters. The molecule has 6 nitrogen and oxygen atoms in total. The summed E-state index contributed by atoms with van der Waals surface area (Å²) in [7, 11) is 2.23. The summed E-state index contributed by atoms with van der Waals surface area (Å²) in [5.74, 6) is -0.412. The van der Waals surface area contributed by atoms with Gasteiger partial charge in [0.1, 0.15) is 0 Å². The SMILES string of the molecule is CCC(C1CCCC(C2CC(=O)OC2=O)C1)[Si](OC)(OC)OC. The first kappa shape index (κ1) is 18.6. The van der Waals surface area contributed by atoms with Crippen LogP contribution in [0.2, 0.25) is 5.54 Å². The molecule has 2 aliphatic rings. The van der Waals surface area contributed by atoms with E-state index in [2.05, 4.69) is 6.92 Å². The summed E-state index contributed by atoms with van der Waals surface area (Å²) in [6.07, 6.45) is 5.14. The fourth-order valence-electron chi connectivity index (χ4n) is 4.43. The lowest BCUT2D eigenvalue weighted by Crippen LogP contribution is -2.50. The van der Waals surface area contributed by atoms with Crippen LogP contribution in [0.1, 0.15) is 45.4 Å². The maximum absolute atomic E-state index is 11.9. The number of hydrogen-bond acceptors (Lipinski definition) is 6. The van der Waals surface area contributed by atoms with Gasteiger partial charge in [0.15, 0.2) is 0 Å². The van der Waals surface area contributed by atoms with Crippen molar-refractivity contribution in [1.29, 1.82) is 0 Å². The summed E-state index contributed by atoms with van der Waals surface area (Å²) >= 11 is 0. The smallest absolute Gasteiger partial charge is 0.393 e. The molecule has 132 valence electrons. The van der Waals surface area contributed by atoms with Crippen LogP contribution in [-0.2, 0) is 27.6 Å². The van der Waals surface area contributed by atoms with Crippen LogP contribution in [0.5, 0.6) is 0 Å². The summed E-state index contributed by atoms with van der Waals surface area (Å²) in [5, 5.41) is 0. The van der Waals surface area contributed by atoms with Gasteiger partial charge in [0.2, 0.25) is 0 Å². The molecule has 2 fully saturated rings. The molecule has 1 heterocycles. The van der Waals surface area contributed by atoms with Crippen molar-refractivity contribution in [1.82, 2.24) is 0 Å². The predicted octanol–water partition coefficient (Wildman–Crippen LogP) is 2.54. The van der Waals surface area contributed by atoms with E-state index in [1.165, 1.54) is 0 Å². The standard InChI is InChI=1S/C16H28O6Si/c1-5-14(23(19-2,20-3)21-4)12-8-6-7-11(9-12)13-10-15(17)22-16(13)18/h11-14H,5-10H2,1-4H3. The third-order valence-electron chi connectivity index (χ3n) is 5.54. The highest BCUT2D eigenvalue weighted by Gasteiger charge is 2.51. The number of carbonyl (C=O) groups is 2. The third kappa shape index (κ3) is 3.68. The van der Waals surface area contributed by atoms with E-state index in [-0.39, 0.29) is 35.7 Å². The summed E-state index contributed by atoms with van der Waals surface area (Å²) in [6.45, 7) is 2.13. The number of hydrogen-bond donors (Lipinski definition) is 0. The monoisotopic (exact) mass is 344 g/mol. The van der Waals surface area contributed by atoms with E-state index < -0.39 is 8.80 Å². The Morgan fingerprint density at radius 2 is 1.83 bits per heavy atom. The van der Waals surface area contributed by atoms with Gasteiger partial charge in [0, 0.05) is 26.9 Å². The fraction of sp³-hybridized carbons (Fsp3) is 0.875. The van der Waals surface area contributed by atoms with Gasteiger partial charge in [-0.3, -0.25) is 9.59 Å². The summed E-state index contributed by atoms with van der Waals surface area (Å²) in [5.41, 5.74) is 0.207. The zero-order valence-electron chi connectivity index (χ0n) is 14.5. The first-order chi connectivity index (χ1) is 11.0. The normalized spacial score (nSPS) is 30.3. The molecule has 0 radical (unpaired) electrons. The molecule has 0 N–H and O–H groups in total. The maximum Gasteiger partial charge on any atom is 0.503 e. The molecule has 1 aliphatic carbocycles. The molecule has 1 aliphatic heterocycles.